The van der Waals surface area contributed by atoms with Gasteiger partial charge in [0.2, 0.25) is 10.0 Å². The summed E-state index contributed by atoms with van der Waals surface area (Å²) in [6.45, 7) is 4.96. The van der Waals surface area contributed by atoms with Crippen molar-refractivity contribution in [1.29, 1.82) is 0 Å². The molecule has 0 spiro atoms. The van der Waals surface area contributed by atoms with Gasteiger partial charge < -0.3 is 5.11 Å². The highest BCUT2D eigenvalue weighted by Gasteiger charge is 2.29. The van der Waals surface area contributed by atoms with E-state index in [-0.39, 0.29) is 10.8 Å². The second kappa shape index (κ2) is 6.32. The maximum Gasteiger partial charge on any atom is 0.322 e. The molecule has 1 aromatic carbocycles. The van der Waals surface area contributed by atoms with Gasteiger partial charge >= 0.3 is 5.97 Å². The van der Waals surface area contributed by atoms with E-state index < -0.39 is 27.9 Å². The van der Waals surface area contributed by atoms with Crippen molar-refractivity contribution in [3.63, 3.8) is 0 Å². The minimum Gasteiger partial charge on any atom is -0.480 e. The molecule has 0 unspecified atom stereocenters. The summed E-state index contributed by atoms with van der Waals surface area (Å²) in [6, 6.07) is 2.11. The molecule has 0 radical (unpaired) electrons. The lowest BCUT2D eigenvalue weighted by Gasteiger charge is -2.20. The maximum atomic E-state index is 13.3. The molecule has 0 aliphatic carbocycles. The van der Waals surface area contributed by atoms with Gasteiger partial charge in [-0.15, -0.1) is 0 Å². The Hall–Kier alpha value is -1.47. The number of aliphatic carboxylic acids is 1. The summed E-state index contributed by atoms with van der Waals surface area (Å²) in [5.74, 6) is -2.31. The first-order valence-electron chi connectivity index (χ1n) is 6.19. The van der Waals surface area contributed by atoms with Crippen molar-refractivity contribution in [3.8, 4) is 0 Å². The number of halogens is 1. The van der Waals surface area contributed by atoms with Crippen LogP contribution in [0.3, 0.4) is 0 Å². The Morgan fingerprint density at radius 2 is 2.00 bits per heavy atom. The third kappa shape index (κ3) is 4.01. The van der Waals surface area contributed by atoms with Crippen LogP contribution >= 0.6 is 0 Å². The first-order valence-corrected chi connectivity index (χ1v) is 7.68. The summed E-state index contributed by atoms with van der Waals surface area (Å²) in [7, 11) is -4.08. The van der Waals surface area contributed by atoms with Crippen molar-refractivity contribution in [2.75, 3.05) is 0 Å². The molecular formula is C13H18FNO4S. The Morgan fingerprint density at radius 3 is 2.45 bits per heavy atom. The SMILES string of the molecule is CC[C@H](C)[C@H](NS(=O)(=O)c1cc(C)cc(F)c1)C(=O)O. The second-order valence-corrected chi connectivity index (χ2v) is 6.50. The Kier molecular flexibility index (Phi) is 5.24. The van der Waals surface area contributed by atoms with E-state index in [9.17, 15) is 17.6 Å². The Labute approximate surface area is 117 Å². The number of carboxylic acids is 1. The first kappa shape index (κ1) is 16.6. The molecule has 0 saturated heterocycles. The van der Waals surface area contributed by atoms with Gasteiger partial charge in [-0.25, -0.2) is 12.8 Å². The molecule has 1 rings (SSSR count). The number of aryl methyl sites for hydroxylation is 1. The van der Waals surface area contributed by atoms with E-state index in [1.807, 2.05) is 0 Å². The van der Waals surface area contributed by atoms with Crippen LogP contribution in [0.15, 0.2) is 23.1 Å². The predicted octanol–water partition coefficient (Wildman–Crippen LogP) is 1.91. The second-order valence-electron chi connectivity index (χ2n) is 4.79. The Balaban J connectivity index is 3.13. The van der Waals surface area contributed by atoms with E-state index in [1.54, 1.807) is 20.8 Å². The zero-order valence-corrected chi connectivity index (χ0v) is 12.4. The van der Waals surface area contributed by atoms with Gasteiger partial charge in [-0.1, -0.05) is 20.3 Å². The highest BCUT2D eigenvalue weighted by Crippen LogP contribution is 2.16. The summed E-state index contributed by atoms with van der Waals surface area (Å²) in [5, 5.41) is 9.09. The van der Waals surface area contributed by atoms with Crippen molar-refractivity contribution in [3.05, 3.63) is 29.6 Å². The number of carbonyl (C=O) groups is 1. The lowest BCUT2D eigenvalue weighted by molar-refractivity contribution is -0.140. The minimum absolute atomic E-state index is 0.274. The van der Waals surface area contributed by atoms with Gasteiger partial charge in [-0.2, -0.15) is 4.72 Å². The van der Waals surface area contributed by atoms with Gasteiger partial charge in [0.1, 0.15) is 11.9 Å². The quantitative estimate of drug-likeness (QED) is 0.841. The number of sulfonamides is 1. The molecule has 0 bridgehead atoms. The minimum atomic E-state index is -4.08. The van der Waals surface area contributed by atoms with Crippen LogP contribution in [0.2, 0.25) is 0 Å². The normalized spacial score (nSPS) is 14.8. The van der Waals surface area contributed by atoms with E-state index >= 15 is 0 Å². The molecule has 0 fully saturated rings. The van der Waals surface area contributed by atoms with Crippen molar-refractivity contribution >= 4 is 16.0 Å². The van der Waals surface area contributed by atoms with Crippen LogP contribution in [0.4, 0.5) is 4.39 Å². The van der Waals surface area contributed by atoms with Gasteiger partial charge in [-0.3, -0.25) is 4.79 Å². The smallest absolute Gasteiger partial charge is 0.322 e. The number of rotatable bonds is 6. The molecule has 0 aliphatic rings. The molecule has 112 valence electrons. The predicted molar refractivity (Wildman–Crippen MR) is 72.3 cm³/mol. The highest BCUT2D eigenvalue weighted by atomic mass is 32.2. The molecule has 20 heavy (non-hydrogen) atoms. The van der Waals surface area contributed by atoms with Crippen molar-refractivity contribution < 1.29 is 22.7 Å². The fourth-order valence-corrected chi connectivity index (χ4v) is 3.15. The summed E-state index contributed by atoms with van der Waals surface area (Å²) in [5.41, 5.74) is 0.445. The highest BCUT2D eigenvalue weighted by molar-refractivity contribution is 7.89. The number of nitrogens with one attached hydrogen (secondary N) is 1. The van der Waals surface area contributed by atoms with Gasteiger partial charge in [-0.05, 0) is 36.6 Å². The van der Waals surface area contributed by atoms with Crippen LogP contribution in [-0.2, 0) is 14.8 Å². The third-order valence-corrected chi connectivity index (χ3v) is 4.51. The Morgan fingerprint density at radius 1 is 1.40 bits per heavy atom. The maximum absolute atomic E-state index is 13.3. The molecule has 7 heteroatoms. The molecule has 2 N–H and O–H groups in total. The van der Waals surface area contributed by atoms with Crippen LogP contribution in [0.25, 0.3) is 0 Å². The zero-order chi connectivity index (χ0) is 15.5. The molecule has 0 amide bonds. The molecule has 0 aromatic heterocycles. The number of hydrogen-bond donors (Lipinski definition) is 2. The van der Waals surface area contributed by atoms with Gasteiger partial charge in [0.25, 0.3) is 0 Å². The fourth-order valence-electron chi connectivity index (χ4n) is 1.74. The Bertz CT molecular complexity index is 580. The van der Waals surface area contributed by atoms with E-state index in [2.05, 4.69) is 4.72 Å². The van der Waals surface area contributed by atoms with Crippen molar-refractivity contribution in [2.24, 2.45) is 5.92 Å². The van der Waals surface area contributed by atoms with E-state index in [0.717, 1.165) is 6.07 Å². The van der Waals surface area contributed by atoms with Crippen molar-refractivity contribution in [1.82, 2.24) is 4.72 Å². The number of benzene rings is 1. The van der Waals surface area contributed by atoms with Gasteiger partial charge in [0.15, 0.2) is 0 Å². The molecular weight excluding hydrogens is 285 g/mol. The average Bonchev–Trinajstić information content (AvgIpc) is 2.33. The average molecular weight is 303 g/mol. The van der Waals surface area contributed by atoms with E-state index in [0.29, 0.717) is 12.0 Å². The van der Waals surface area contributed by atoms with Crippen LogP contribution in [0.1, 0.15) is 25.8 Å². The van der Waals surface area contributed by atoms with Crippen LogP contribution < -0.4 is 4.72 Å². The summed E-state index contributed by atoms with van der Waals surface area (Å²) in [6.07, 6.45) is 0.502. The van der Waals surface area contributed by atoms with Crippen LogP contribution in [0.5, 0.6) is 0 Å². The zero-order valence-electron chi connectivity index (χ0n) is 11.6. The third-order valence-electron chi connectivity index (χ3n) is 3.09. The molecule has 0 saturated carbocycles. The number of hydrogen-bond acceptors (Lipinski definition) is 3. The standard InChI is InChI=1S/C13H18FNO4S/c1-4-9(3)12(13(16)17)15-20(18,19)11-6-8(2)5-10(14)7-11/h5-7,9,12,15H,4H2,1-3H3,(H,16,17)/t9-,12-/m0/s1. The molecule has 5 nitrogen and oxygen atoms in total. The monoisotopic (exact) mass is 303 g/mol. The summed E-state index contributed by atoms with van der Waals surface area (Å²) in [4.78, 5) is 10.9. The van der Waals surface area contributed by atoms with Crippen LogP contribution in [-0.4, -0.2) is 25.5 Å². The van der Waals surface area contributed by atoms with Gasteiger partial charge in [0, 0.05) is 0 Å². The summed E-state index contributed by atoms with van der Waals surface area (Å²) >= 11 is 0. The lowest BCUT2D eigenvalue weighted by Crippen LogP contribution is -2.44. The van der Waals surface area contributed by atoms with Crippen molar-refractivity contribution in [2.45, 2.75) is 38.1 Å². The molecule has 2 atom stereocenters. The van der Waals surface area contributed by atoms with E-state index in [1.165, 1.54) is 12.1 Å². The molecule has 1 aromatic rings. The molecule has 0 heterocycles. The van der Waals surface area contributed by atoms with Gasteiger partial charge in [0.05, 0.1) is 4.90 Å². The first-order chi connectivity index (χ1) is 9.17. The summed E-state index contributed by atoms with van der Waals surface area (Å²) < 4.78 is 39.7. The lowest BCUT2D eigenvalue weighted by atomic mass is 10.0. The van der Waals surface area contributed by atoms with Crippen LogP contribution in [0, 0.1) is 18.7 Å². The molecule has 0 aliphatic heterocycles. The number of carboxylic acid groups (broad SMARTS) is 1. The fraction of sp³-hybridized carbons (Fsp3) is 0.462. The topological polar surface area (TPSA) is 83.5 Å². The largest absolute Gasteiger partial charge is 0.480 e. The van der Waals surface area contributed by atoms with E-state index in [4.69, 9.17) is 5.11 Å².